The topological polar surface area (TPSA) is 259 Å². The third-order valence-electron chi connectivity index (χ3n) is 6.14. The second-order valence-electron chi connectivity index (χ2n) is 9.36. The van der Waals surface area contributed by atoms with E-state index in [1.807, 2.05) is 18.2 Å². The number of carboxylic acid groups (broad SMARTS) is 1. The molecule has 16 nitrogen and oxygen atoms in total. The summed E-state index contributed by atoms with van der Waals surface area (Å²) in [5.41, 5.74) is 17.2. The Morgan fingerprint density at radius 1 is 1.12 bits per heavy atom. The minimum absolute atomic E-state index is 0.0641. The van der Waals surface area contributed by atoms with Crippen LogP contribution in [0.15, 0.2) is 59.6 Å². The number of nitrogens with one attached hydrogen (secondary N) is 2. The normalized spacial score (nSPS) is 14.3. The van der Waals surface area contributed by atoms with E-state index in [2.05, 4.69) is 15.6 Å². The Hall–Kier alpha value is -5.41. The van der Waals surface area contributed by atoms with Crippen LogP contribution in [0.3, 0.4) is 0 Å². The van der Waals surface area contributed by atoms with Gasteiger partial charge in [0.1, 0.15) is 25.2 Å². The molecule has 16 heteroatoms. The number of nitro groups is 1. The molecule has 0 radical (unpaired) electrons. The van der Waals surface area contributed by atoms with Gasteiger partial charge in [-0.2, -0.15) is 0 Å². The first-order valence-electron chi connectivity index (χ1n) is 13.3. The number of amides is 3. The van der Waals surface area contributed by atoms with Crippen LogP contribution in [0.1, 0.15) is 31.2 Å². The fourth-order valence-electron chi connectivity index (χ4n) is 3.99. The van der Waals surface area contributed by atoms with Crippen molar-refractivity contribution in [2.45, 2.75) is 44.4 Å². The summed E-state index contributed by atoms with van der Waals surface area (Å²) in [6, 6.07) is 12.9. The van der Waals surface area contributed by atoms with Gasteiger partial charge in [0.05, 0.1) is 4.92 Å². The molecule has 0 saturated carbocycles. The maximum atomic E-state index is 12.7. The Morgan fingerprint density at radius 3 is 2.40 bits per heavy atom. The molecule has 232 valence electrons. The number of aliphatic imine (C=N–C) groups is 1. The summed E-state index contributed by atoms with van der Waals surface area (Å²) in [4.78, 5) is 63.3. The highest BCUT2D eigenvalue weighted by Gasteiger charge is 2.35. The number of carboxylic acids is 1. The van der Waals surface area contributed by atoms with Gasteiger partial charge in [-0.15, -0.1) is 0 Å². The van der Waals surface area contributed by atoms with Gasteiger partial charge >= 0.3 is 12.1 Å². The van der Waals surface area contributed by atoms with Crippen molar-refractivity contribution in [2.24, 2.45) is 16.5 Å². The summed E-state index contributed by atoms with van der Waals surface area (Å²) in [5, 5.41) is 24.3. The lowest BCUT2D eigenvalue weighted by atomic mass is 10.1. The number of nitrogens with two attached hydrogens (primary N) is 3. The Morgan fingerprint density at radius 2 is 1.79 bits per heavy atom. The standard InChI is InChI=1S/C21H30N6O6.C6H6N2O2/c22-20(23)24-10-4-8-15(19(30)31)26-18(29)16-9-5-11-27(16)17(28)12-25-21(32)33-13-14-6-2-1-3-7-14;7-5-1-3-6(4-2-5)8(9)10/h1-3,6-7,15-16H,4-5,8-13H2,(H,25,32)(H,26,29)(H,30,31)(H4,22,23,24);1-4H,7H2. The molecule has 2 unspecified atom stereocenters. The molecule has 43 heavy (non-hydrogen) atoms. The Balaban J connectivity index is 0.000000543. The number of aliphatic carboxylic acids is 1. The largest absolute Gasteiger partial charge is 0.480 e. The molecule has 2 aromatic carbocycles. The number of nitrogen functional groups attached to an aromatic ring is 1. The summed E-state index contributed by atoms with van der Waals surface area (Å²) in [7, 11) is 0. The predicted octanol–water partition coefficient (Wildman–Crippen LogP) is 0.704. The first-order valence-corrected chi connectivity index (χ1v) is 13.3. The van der Waals surface area contributed by atoms with Crippen LogP contribution in [-0.2, 0) is 25.7 Å². The molecule has 3 amide bonds. The summed E-state index contributed by atoms with van der Waals surface area (Å²) in [6.07, 6.45) is 0.727. The lowest BCUT2D eigenvalue weighted by Crippen LogP contribution is -2.52. The van der Waals surface area contributed by atoms with Crippen LogP contribution in [0.5, 0.6) is 0 Å². The van der Waals surface area contributed by atoms with E-state index in [1.54, 1.807) is 12.1 Å². The molecule has 1 aliphatic rings. The van der Waals surface area contributed by atoms with Crippen LogP contribution < -0.4 is 27.8 Å². The van der Waals surface area contributed by atoms with Gasteiger partial charge < -0.3 is 42.6 Å². The second kappa shape index (κ2) is 17.4. The molecule has 0 aromatic heterocycles. The number of hydrogen-bond donors (Lipinski definition) is 6. The molecule has 0 spiro atoms. The number of guanidine groups is 1. The van der Waals surface area contributed by atoms with Crippen molar-refractivity contribution in [2.75, 3.05) is 25.4 Å². The average Bonchev–Trinajstić information content (AvgIpc) is 3.48. The van der Waals surface area contributed by atoms with Gasteiger partial charge in [0.2, 0.25) is 11.8 Å². The van der Waals surface area contributed by atoms with Crippen LogP contribution in [-0.4, -0.2) is 76.5 Å². The molecule has 1 heterocycles. The molecule has 1 fully saturated rings. The van der Waals surface area contributed by atoms with E-state index in [1.165, 1.54) is 29.2 Å². The lowest BCUT2D eigenvalue weighted by molar-refractivity contribution is -0.384. The van der Waals surface area contributed by atoms with Gasteiger partial charge in [0.15, 0.2) is 5.96 Å². The third-order valence-corrected chi connectivity index (χ3v) is 6.14. The number of benzene rings is 2. The van der Waals surface area contributed by atoms with E-state index < -0.39 is 40.9 Å². The summed E-state index contributed by atoms with van der Waals surface area (Å²) >= 11 is 0. The van der Waals surface area contributed by atoms with E-state index in [0.29, 0.717) is 31.5 Å². The fourth-order valence-corrected chi connectivity index (χ4v) is 3.99. The number of ether oxygens (including phenoxy) is 1. The predicted molar refractivity (Wildman–Crippen MR) is 156 cm³/mol. The Kier molecular flexibility index (Phi) is 13.7. The molecule has 3 rings (SSSR count). The van der Waals surface area contributed by atoms with Gasteiger partial charge in [-0.3, -0.25) is 24.7 Å². The number of rotatable bonds is 12. The van der Waals surface area contributed by atoms with Gasteiger partial charge in [-0.25, -0.2) is 9.59 Å². The average molecular weight is 601 g/mol. The highest BCUT2D eigenvalue weighted by atomic mass is 16.6. The van der Waals surface area contributed by atoms with Gasteiger partial charge in [0, 0.05) is 30.9 Å². The van der Waals surface area contributed by atoms with E-state index in [9.17, 15) is 34.4 Å². The minimum atomic E-state index is -1.19. The van der Waals surface area contributed by atoms with Crippen molar-refractivity contribution in [1.82, 2.24) is 15.5 Å². The minimum Gasteiger partial charge on any atom is -0.480 e. The number of nitro benzene ring substituents is 1. The van der Waals surface area contributed by atoms with Crippen molar-refractivity contribution >= 4 is 41.2 Å². The first kappa shape index (κ1) is 33.8. The van der Waals surface area contributed by atoms with E-state index in [0.717, 1.165) is 5.56 Å². The zero-order chi connectivity index (χ0) is 31.8. The molecule has 1 saturated heterocycles. The van der Waals surface area contributed by atoms with Gasteiger partial charge in [-0.05, 0) is 43.4 Å². The van der Waals surface area contributed by atoms with Crippen molar-refractivity contribution in [3.05, 3.63) is 70.3 Å². The highest BCUT2D eigenvalue weighted by Crippen LogP contribution is 2.18. The summed E-state index contributed by atoms with van der Waals surface area (Å²) < 4.78 is 5.07. The number of likely N-dealkylation sites (tertiary alicyclic amines) is 1. The lowest BCUT2D eigenvalue weighted by Gasteiger charge is -2.25. The molecule has 0 bridgehead atoms. The molecular formula is C27H36N8O8. The number of anilines is 1. The van der Waals surface area contributed by atoms with Crippen molar-refractivity contribution in [1.29, 1.82) is 0 Å². The number of nitrogens with zero attached hydrogens (tertiary/aromatic N) is 3. The number of alkyl carbamates (subject to hydrolysis) is 1. The Labute approximate surface area is 247 Å². The molecule has 1 aliphatic heterocycles. The van der Waals surface area contributed by atoms with Gasteiger partial charge in [0.25, 0.3) is 5.69 Å². The number of carbonyl (C=O) groups is 4. The van der Waals surface area contributed by atoms with Crippen LogP contribution in [0.25, 0.3) is 0 Å². The van der Waals surface area contributed by atoms with Crippen molar-refractivity contribution in [3.8, 4) is 0 Å². The number of carbonyl (C=O) groups excluding carboxylic acids is 3. The van der Waals surface area contributed by atoms with E-state index in [-0.39, 0.29) is 37.8 Å². The van der Waals surface area contributed by atoms with Crippen LogP contribution in [0.4, 0.5) is 16.2 Å². The quantitative estimate of drug-likeness (QED) is 0.0493. The molecule has 2 atom stereocenters. The fraction of sp³-hybridized carbons (Fsp3) is 0.370. The first-order chi connectivity index (χ1) is 20.5. The number of non-ortho nitro benzene ring substituents is 1. The van der Waals surface area contributed by atoms with Crippen LogP contribution >= 0.6 is 0 Å². The SMILES string of the molecule is NC(N)=NCCCC(NC(=O)C1CCCN1C(=O)CNC(=O)OCc1ccccc1)C(=O)O.Nc1ccc([N+](=O)[O-])cc1. The molecule has 2 aromatic rings. The van der Waals surface area contributed by atoms with Crippen LogP contribution in [0, 0.1) is 10.1 Å². The van der Waals surface area contributed by atoms with Crippen molar-refractivity contribution in [3.63, 3.8) is 0 Å². The van der Waals surface area contributed by atoms with E-state index in [4.69, 9.17) is 21.9 Å². The second-order valence-corrected chi connectivity index (χ2v) is 9.36. The maximum absolute atomic E-state index is 12.7. The summed E-state index contributed by atoms with van der Waals surface area (Å²) in [6.45, 7) is 0.301. The third kappa shape index (κ3) is 12.3. The van der Waals surface area contributed by atoms with Crippen molar-refractivity contribution < 1.29 is 33.9 Å². The molecular weight excluding hydrogens is 564 g/mol. The molecule has 9 N–H and O–H groups in total. The Bertz CT molecular complexity index is 1270. The smallest absolute Gasteiger partial charge is 0.407 e. The monoisotopic (exact) mass is 600 g/mol. The number of hydrogen-bond acceptors (Lipinski definition) is 9. The van der Waals surface area contributed by atoms with E-state index >= 15 is 0 Å². The van der Waals surface area contributed by atoms with Gasteiger partial charge in [-0.1, -0.05) is 30.3 Å². The maximum Gasteiger partial charge on any atom is 0.407 e. The molecule has 0 aliphatic carbocycles. The zero-order valence-electron chi connectivity index (χ0n) is 23.4. The summed E-state index contributed by atoms with van der Waals surface area (Å²) in [5.74, 6) is -2.29. The zero-order valence-corrected chi connectivity index (χ0v) is 23.4. The van der Waals surface area contributed by atoms with Crippen LogP contribution in [0.2, 0.25) is 0 Å². The highest BCUT2D eigenvalue weighted by molar-refractivity contribution is 5.92.